The zero-order valence-corrected chi connectivity index (χ0v) is 11.8. The second-order valence-electron chi connectivity index (χ2n) is 5.07. The Balaban J connectivity index is 2.44. The molecule has 1 aromatic carbocycles. The van der Waals surface area contributed by atoms with E-state index in [0.717, 1.165) is 0 Å². The molecule has 106 valence electrons. The molecule has 0 aliphatic carbocycles. The monoisotopic (exact) mass is 274 g/mol. The molecular weight excluding hydrogens is 256 g/mol. The predicted molar refractivity (Wildman–Crippen MR) is 76.6 cm³/mol. The van der Waals surface area contributed by atoms with Crippen molar-refractivity contribution in [2.45, 2.75) is 13.8 Å². The molecule has 1 aromatic heterocycles. The van der Waals surface area contributed by atoms with Crippen LogP contribution < -0.4 is 10.9 Å². The Morgan fingerprint density at radius 3 is 2.55 bits per heavy atom. The Kier molecular flexibility index (Phi) is 4.08. The smallest absolute Gasteiger partial charge is 0.350 e. The van der Waals surface area contributed by atoms with Gasteiger partial charge in [0.2, 0.25) is 0 Å². The quantitative estimate of drug-likeness (QED) is 0.927. The summed E-state index contributed by atoms with van der Waals surface area (Å²) in [6.45, 7) is 4.56. The van der Waals surface area contributed by atoms with Crippen molar-refractivity contribution in [3.05, 3.63) is 46.4 Å². The second kappa shape index (κ2) is 5.77. The molecular formula is C15H18N2O3. The van der Waals surface area contributed by atoms with E-state index in [1.165, 1.54) is 4.74 Å². The first kappa shape index (κ1) is 14.1. The number of carbonyl (C=O) groups is 1. The first-order valence-electron chi connectivity index (χ1n) is 6.54. The van der Waals surface area contributed by atoms with Crippen molar-refractivity contribution in [1.29, 1.82) is 0 Å². The summed E-state index contributed by atoms with van der Waals surface area (Å²) >= 11 is 0. The molecule has 0 bridgehead atoms. The maximum Gasteiger partial charge on any atom is 0.366 e. The van der Waals surface area contributed by atoms with Crippen molar-refractivity contribution in [2.24, 2.45) is 13.0 Å². The lowest BCUT2D eigenvalue weighted by molar-refractivity contribution is 0.0929. The highest BCUT2D eigenvalue weighted by Crippen LogP contribution is 2.20. The summed E-state index contributed by atoms with van der Waals surface area (Å²) in [5, 5.41) is 2.80. The zero-order chi connectivity index (χ0) is 14.7. The van der Waals surface area contributed by atoms with Crippen LogP contribution in [0, 0.1) is 5.92 Å². The molecule has 1 N–H and O–H groups in total. The van der Waals surface area contributed by atoms with Crippen LogP contribution in [0.3, 0.4) is 0 Å². The van der Waals surface area contributed by atoms with Gasteiger partial charge in [-0.2, -0.15) is 0 Å². The van der Waals surface area contributed by atoms with Crippen LogP contribution in [-0.2, 0) is 7.05 Å². The number of carbonyl (C=O) groups excluding carboxylic acids is 1. The third-order valence-electron chi connectivity index (χ3n) is 2.92. The van der Waals surface area contributed by atoms with E-state index < -0.39 is 5.63 Å². The van der Waals surface area contributed by atoms with E-state index in [1.807, 2.05) is 32.0 Å². The van der Waals surface area contributed by atoms with Gasteiger partial charge in [-0.1, -0.05) is 44.2 Å². The van der Waals surface area contributed by atoms with Crippen LogP contribution in [0.4, 0.5) is 0 Å². The first-order chi connectivity index (χ1) is 9.50. The molecule has 0 aliphatic rings. The molecule has 0 saturated heterocycles. The molecule has 1 heterocycles. The number of aryl methyl sites for hydroxylation is 1. The third-order valence-corrected chi connectivity index (χ3v) is 2.92. The Morgan fingerprint density at radius 1 is 1.30 bits per heavy atom. The van der Waals surface area contributed by atoms with Crippen molar-refractivity contribution in [1.82, 2.24) is 10.1 Å². The summed E-state index contributed by atoms with van der Waals surface area (Å²) in [4.78, 5) is 24.2. The molecule has 5 nitrogen and oxygen atoms in total. The van der Waals surface area contributed by atoms with Gasteiger partial charge in [0.1, 0.15) is 5.56 Å². The van der Waals surface area contributed by atoms with Crippen molar-refractivity contribution in [3.8, 4) is 11.1 Å². The predicted octanol–water partition coefficient (Wildman–Crippen LogP) is 2.03. The van der Waals surface area contributed by atoms with Gasteiger partial charge in [0.15, 0.2) is 5.69 Å². The molecule has 0 radical (unpaired) electrons. The van der Waals surface area contributed by atoms with Crippen LogP contribution >= 0.6 is 0 Å². The highest BCUT2D eigenvalue weighted by molar-refractivity contribution is 5.98. The van der Waals surface area contributed by atoms with Crippen molar-refractivity contribution < 1.29 is 9.32 Å². The van der Waals surface area contributed by atoms with E-state index in [-0.39, 0.29) is 11.6 Å². The van der Waals surface area contributed by atoms with Crippen LogP contribution in [0.1, 0.15) is 24.3 Å². The summed E-state index contributed by atoms with van der Waals surface area (Å²) in [7, 11) is 1.55. The van der Waals surface area contributed by atoms with E-state index in [9.17, 15) is 9.59 Å². The SMILES string of the molecule is CC(C)CNC(=O)c1c(-c2ccccc2)c(=O)on1C. The van der Waals surface area contributed by atoms with Crippen LogP contribution in [0.2, 0.25) is 0 Å². The minimum atomic E-state index is -0.506. The molecule has 2 aromatic rings. The molecule has 20 heavy (non-hydrogen) atoms. The van der Waals surface area contributed by atoms with E-state index >= 15 is 0 Å². The zero-order valence-electron chi connectivity index (χ0n) is 11.8. The van der Waals surface area contributed by atoms with Gasteiger partial charge in [-0.05, 0) is 11.5 Å². The van der Waals surface area contributed by atoms with E-state index in [0.29, 0.717) is 23.6 Å². The summed E-state index contributed by atoms with van der Waals surface area (Å²) in [6, 6.07) is 9.05. The Bertz CT molecular complexity index is 654. The van der Waals surface area contributed by atoms with Crippen molar-refractivity contribution in [3.63, 3.8) is 0 Å². The van der Waals surface area contributed by atoms with Gasteiger partial charge in [0.05, 0.1) is 0 Å². The first-order valence-corrected chi connectivity index (χ1v) is 6.54. The minimum Gasteiger partial charge on any atom is -0.350 e. The highest BCUT2D eigenvalue weighted by atomic mass is 16.5. The number of rotatable bonds is 4. The van der Waals surface area contributed by atoms with Gasteiger partial charge in [-0.25, -0.2) is 9.53 Å². The summed E-state index contributed by atoms with van der Waals surface area (Å²) < 4.78 is 6.25. The number of nitrogens with one attached hydrogen (secondary N) is 1. The average molecular weight is 274 g/mol. The van der Waals surface area contributed by atoms with Gasteiger partial charge in [0, 0.05) is 13.6 Å². The van der Waals surface area contributed by atoms with Crippen LogP contribution in [0.15, 0.2) is 39.6 Å². The number of amides is 1. The molecule has 0 fully saturated rings. The molecule has 5 heteroatoms. The topological polar surface area (TPSA) is 64.2 Å². The summed E-state index contributed by atoms with van der Waals surface area (Å²) in [5.41, 5.74) is 0.723. The fourth-order valence-electron chi connectivity index (χ4n) is 1.97. The van der Waals surface area contributed by atoms with E-state index in [1.54, 1.807) is 19.2 Å². The molecule has 0 spiro atoms. The highest BCUT2D eigenvalue weighted by Gasteiger charge is 2.23. The van der Waals surface area contributed by atoms with Crippen molar-refractivity contribution >= 4 is 5.91 Å². The molecule has 0 unspecified atom stereocenters. The van der Waals surface area contributed by atoms with Gasteiger partial charge < -0.3 is 9.84 Å². The number of aromatic nitrogens is 1. The summed E-state index contributed by atoms with van der Waals surface area (Å²) in [5.74, 6) is 0.0361. The summed E-state index contributed by atoms with van der Waals surface area (Å²) in [6.07, 6.45) is 0. The van der Waals surface area contributed by atoms with E-state index in [4.69, 9.17) is 4.52 Å². The lowest BCUT2D eigenvalue weighted by atomic mass is 10.1. The Hall–Kier alpha value is -2.30. The van der Waals surface area contributed by atoms with Crippen molar-refractivity contribution in [2.75, 3.05) is 6.54 Å². The standard InChI is InChI=1S/C15H18N2O3/c1-10(2)9-16-14(18)13-12(15(19)20-17(13)3)11-7-5-4-6-8-11/h4-8,10H,9H2,1-3H3,(H,16,18). The second-order valence-corrected chi connectivity index (χ2v) is 5.07. The lowest BCUT2D eigenvalue weighted by Crippen LogP contribution is -2.29. The molecule has 0 saturated carbocycles. The van der Waals surface area contributed by atoms with Gasteiger partial charge in [-0.15, -0.1) is 0 Å². The van der Waals surface area contributed by atoms with E-state index in [2.05, 4.69) is 5.32 Å². The maximum absolute atomic E-state index is 12.2. The fourth-order valence-corrected chi connectivity index (χ4v) is 1.97. The van der Waals surface area contributed by atoms with Gasteiger partial charge >= 0.3 is 5.63 Å². The largest absolute Gasteiger partial charge is 0.366 e. The average Bonchev–Trinajstić information content (AvgIpc) is 2.71. The number of nitrogens with zero attached hydrogens (tertiary/aromatic N) is 1. The van der Waals surface area contributed by atoms with Gasteiger partial charge in [0.25, 0.3) is 5.91 Å². The molecule has 0 aliphatic heterocycles. The van der Waals surface area contributed by atoms with Crippen LogP contribution in [0.25, 0.3) is 11.1 Å². The van der Waals surface area contributed by atoms with Crippen LogP contribution in [-0.4, -0.2) is 17.2 Å². The van der Waals surface area contributed by atoms with Crippen LogP contribution in [0.5, 0.6) is 0 Å². The lowest BCUT2D eigenvalue weighted by Gasteiger charge is -2.08. The molecule has 2 rings (SSSR count). The minimum absolute atomic E-state index is 0.252. The number of benzene rings is 1. The fraction of sp³-hybridized carbons (Fsp3) is 0.333. The Labute approximate surface area is 117 Å². The normalized spacial score (nSPS) is 10.8. The van der Waals surface area contributed by atoms with Gasteiger partial charge in [-0.3, -0.25) is 4.79 Å². The third kappa shape index (κ3) is 2.82. The Morgan fingerprint density at radius 2 is 1.95 bits per heavy atom. The maximum atomic E-state index is 12.2. The molecule has 0 atom stereocenters. The number of hydrogen-bond donors (Lipinski definition) is 1. The number of hydrogen-bond acceptors (Lipinski definition) is 3. The molecule has 1 amide bonds.